The van der Waals surface area contributed by atoms with Crippen molar-refractivity contribution in [1.29, 1.82) is 0 Å². The number of thiophene rings is 1. The predicted molar refractivity (Wildman–Crippen MR) is 76.6 cm³/mol. The Morgan fingerprint density at radius 3 is 2.95 bits per heavy atom. The van der Waals surface area contributed by atoms with Gasteiger partial charge in [-0.15, -0.1) is 11.3 Å². The maximum atomic E-state index is 12.2. The van der Waals surface area contributed by atoms with E-state index in [0.717, 1.165) is 4.88 Å². The van der Waals surface area contributed by atoms with Gasteiger partial charge >= 0.3 is 0 Å². The second-order valence-electron chi connectivity index (χ2n) is 3.78. The van der Waals surface area contributed by atoms with E-state index in [1.165, 1.54) is 16.2 Å². The highest BCUT2D eigenvalue weighted by Gasteiger charge is 2.32. The first-order valence-corrected chi connectivity index (χ1v) is 6.83. The Labute approximate surface area is 119 Å². The third kappa shape index (κ3) is 3.06. The minimum absolute atomic E-state index is 0.0900. The topological polar surface area (TPSA) is 58.6 Å². The van der Waals surface area contributed by atoms with Crippen molar-refractivity contribution in [3.63, 3.8) is 0 Å². The molecule has 0 aliphatic carbocycles. The Morgan fingerprint density at radius 2 is 2.32 bits per heavy atom. The summed E-state index contributed by atoms with van der Waals surface area (Å²) in [5.41, 5.74) is 0.0900. The summed E-state index contributed by atoms with van der Waals surface area (Å²) in [5, 5.41) is 4.51. The molecule has 1 N–H and O–H groups in total. The molecule has 0 unspecified atom stereocenters. The average Bonchev–Trinajstić information content (AvgIpc) is 2.87. The molecule has 0 bridgehead atoms. The van der Waals surface area contributed by atoms with Gasteiger partial charge in [-0.25, -0.2) is 0 Å². The molecule has 2 heterocycles. The first kappa shape index (κ1) is 13.9. The summed E-state index contributed by atoms with van der Waals surface area (Å²) in [5.74, 6) is -0.851. The molecule has 1 fully saturated rings. The summed E-state index contributed by atoms with van der Waals surface area (Å²) in [6.07, 6.45) is 1.57. The number of hydrogen-bond donors (Lipinski definition) is 1. The molecule has 0 saturated carbocycles. The number of nitrogens with zero attached hydrogens (tertiary/aromatic N) is 1. The van der Waals surface area contributed by atoms with E-state index in [4.69, 9.17) is 17.0 Å². The molecule has 100 valence electrons. The molecule has 2 rings (SSSR count). The van der Waals surface area contributed by atoms with Crippen LogP contribution in [0.15, 0.2) is 23.1 Å². The van der Waals surface area contributed by atoms with Crippen LogP contribution >= 0.6 is 23.6 Å². The molecule has 19 heavy (non-hydrogen) atoms. The molecule has 0 atom stereocenters. The van der Waals surface area contributed by atoms with Crippen molar-refractivity contribution in [3.05, 3.63) is 28.0 Å². The highest BCUT2D eigenvalue weighted by molar-refractivity contribution is 7.80. The lowest BCUT2D eigenvalue weighted by Crippen LogP contribution is -2.54. The highest BCUT2D eigenvalue weighted by atomic mass is 32.1. The molecular formula is C12H12N2O3S2. The van der Waals surface area contributed by atoms with Crippen molar-refractivity contribution in [3.8, 4) is 0 Å². The molecule has 1 aliphatic rings. The maximum absolute atomic E-state index is 12.2. The lowest BCUT2D eigenvalue weighted by atomic mass is 10.1. The van der Waals surface area contributed by atoms with E-state index in [-0.39, 0.29) is 16.6 Å². The Morgan fingerprint density at radius 1 is 1.53 bits per heavy atom. The van der Waals surface area contributed by atoms with Crippen LogP contribution in [0, 0.1) is 0 Å². The summed E-state index contributed by atoms with van der Waals surface area (Å²) in [7, 11) is 1.54. The number of ether oxygens (including phenoxy) is 1. The monoisotopic (exact) mass is 296 g/mol. The van der Waals surface area contributed by atoms with E-state index in [0.29, 0.717) is 13.2 Å². The van der Waals surface area contributed by atoms with E-state index < -0.39 is 5.91 Å². The molecule has 0 aromatic carbocycles. The van der Waals surface area contributed by atoms with Crippen LogP contribution in [0.4, 0.5) is 0 Å². The van der Waals surface area contributed by atoms with Gasteiger partial charge in [0, 0.05) is 12.0 Å². The Kier molecular flexibility index (Phi) is 4.41. The Hall–Kier alpha value is -1.57. The molecule has 0 spiro atoms. The number of methoxy groups -OCH3 is 1. The molecular weight excluding hydrogens is 284 g/mol. The predicted octanol–water partition coefficient (Wildman–Crippen LogP) is 1.02. The molecule has 1 aromatic rings. The van der Waals surface area contributed by atoms with E-state index in [1.807, 2.05) is 17.5 Å². The van der Waals surface area contributed by atoms with Crippen molar-refractivity contribution in [2.45, 2.75) is 0 Å². The highest BCUT2D eigenvalue weighted by Crippen LogP contribution is 2.17. The minimum Gasteiger partial charge on any atom is -0.383 e. The van der Waals surface area contributed by atoms with Crippen molar-refractivity contribution in [2.75, 3.05) is 20.3 Å². The lowest BCUT2D eigenvalue weighted by molar-refractivity contribution is -0.129. The molecule has 7 heteroatoms. The quantitative estimate of drug-likeness (QED) is 0.512. The zero-order chi connectivity index (χ0) is 13.8. The van der Waals surface area contributed by atoms with Gasteiger partial charge in [0.1, 0.15) is 5.57 Å². The summed E-state index contributed by atoms with van der Waals surface area (Å²) in [6.45, 7) is 0.671. The third-order valence-electron chi connectivity index (χ3n) is 2.53. The Bertz CT molecular complexity index is 537. The molecule has 1 aromatic heterocycles. The summed E-state index contributed by atoms with van der Waals surface area (Å²) in [4.78, 5) is 26.2. The average molecular weight is 296 g/mol. The van der Waals surface area contributed by atoms with Crippen LogP contribution in [0.25, 0.3) is 6.08 Å². The lowest BCUT2D eigenvalue weighted by Gasteiger charge is -2.28. The zero-order valence-electron chi connectivity index (χ0n) is 10.2. The zero-order valence-corrected chi connectivity index (χ0v) is 11.8. The number of rotatable bonds is 4. The Balaban J connectivity index is 2.25. The fraction of sp³-hybridized carbons (Fsp3) is 0.250. The smallest absolute Gasteiger partial charge is 0.265 e. The van der Waals surface area contributed by atoms with Gasteiger partial charge < -0.3 is 4.74 Å². The van der Waals surface area contributed by atoms with Gasteiger partial charge in [0.15, 0.2) is 5.11 Å². The number of carbonyl (C=O) groups is 2. The van der Waals surface area contributed by atoms with Crippen molar-refractivity contribution >= 4 is 46.6 Å². The number of hydrogen-bond acceptors (Lipinski definition) is 5. The maximum Gasteiger partial charge on any atom is 0.265 e. The van der Waals surface area contributed by atoms with Gasteiger partial charge in [-0.2, -0.15) is 0 Å². The van der Waals surface area contributed by atoms with E-state index in [1.54, 1.807) is 13.2 Å². The van der Waals surface area contributed by atoms with Crippen LogP contribution in [0.1, 0.15) is 4.88 Å². The van der Waals surface area contributed by atoms with Crippen LogP contribution < -0.4 is 5.32 Å². The van der Waals surface area contributed by atoms with Gasteiger partial charge in [-0.05, 0) is 29.7 Å². The molecule has 2 amide bonds. The molecule has 1 aliphatic heterocycles. The number of carbonyl (C=O) groups excluding carboxylic acids is 2. The molecule has 0 radical (unpaired) electrons. The SMILES string of the molecule is COCCN1C(=O)/C(=C\c2cccs2)C(=O)NC1=S. The van der Waals surface area contributed by atoms with Crippen molar-refractivity contribution < 1.29 is 14.3 Å². The van der Waals surface area contributed by atoms with Gasteiger partial charge in [-0.3, -0.25) is 19.8 Å². The number of thiocarbonyl (C=S) groups is 1. The van der Waals surface area contributed by atoms with Crippen LogP contribution in [0.5, 0.6) is 0 Å². The first-order chi connectivity index (χ1) is 9.13. The van der Waals surface area contributed by atoms with E-state index in [9.17, 15) is 9.59 Å². The molecule has 1 saturated heterocycles. The van der Waals surface area contributed by atoms with Crippen LogP contribution in [-0.4, -0.2) is 42.1 Å². The van der Waals surface area contributed by atoms with Gasteiger partial charge in [0.2, 0.25) is 0 Å². The fourth-order valence-electron chi connectivity index (χ4n) is 1.60. The largest absolute Gasteiger partial charge is 0.383 e. The number of amides is 2. The van der Waals surface area contributed by atoms with Crippen molar-refractivity contribution in [2.24, 2.45) is 0 Å². The summed E-state index contributed by atoms with van der Waals surface area (Å²) in [6, 6.07) is 3.69. The van der Waals surface area contributed by atoms with Crippen LogP contribution in [-0.2, 0) is 14.3 Å². The van der Waals surface area contributed by atoms with E-state index in [2.05, 4.69) is 5.32 Å². The van der Waals surface area contributed by atoms with Crippen molar-refractivity contribution in [1.82, 2.24) is 10.2 Å². The summed E-state index contributed by atoms with van der Waals surface area (Å²) < 4.78 is 4.93. The first-order valence-electron chi connectivity index (χ1n) is 5.55. The van der Waals surface area contributed by atoms with Crippen LogP contribution in [0.3, 0.4) is 0 Å². The van der Waals surface area contributed by atoms with Gasteiger partial charge in [0.25, 0.3) is 11.8 Å². The number of nitrogens with one attached hydrogen (secondary N) is 1. The van der Waals surface area contributed by atoms with Gasteiger partial charge in [0.05, 0.1) is 13.2 Å². The minimum atomic E-state index is -0.461. The second kappa shape index (κ2) is 6.05. The van der Waals surface area contributed by atoms with Gasteiger partial charge in [-0.1, -0.05) is 6.07 Å². The molecule has 5 nitrogen and oxygen atoms in total. The fourth-order valence-corrected chi connectivity index (χ4v) is 2.52. The van der Waals surface area contributed by atoms with E-state index >= 15 is 0 Å². The second-order valence-corrected chi connectivity index (χ2v) is 5.15. The standard InChI is InChI=1S/C12H12N2O3S2/c1-17-5-4-14-11(16)9(10(15)13-12(14)18)7-8-3-2-6-19-8/h2-3,6-7H,4-5H2,1H3,(H,13,15,18)/b9-7-. The third-order valence-corrected chi connectivity index (χ3v) is 3.68. The summed E-state index contributed by atoms with van der Waals surface area (Å²) >= 11 is 6.44. The normalized spacial score (nSPS) is 18.1. The van der Waals surface area contributed by atoms with Crippen LogP contribution in [0.2, 0.25) is 0 Å².